The number of nitrogens with one attached hydrogen (secondary N) is 1. The lowest BCUT2D eigenvalue weighted by atomic mass is 9.78. The zero-order chi connectivity index (χ0) is 15.2. The van der Waals surface area contributed by atoms with Crippen molar-refractivity contribution in [2.75, 3.05) is 18.4 Å². The molecule has 2 nitrogen and oxygen atoms in total. The molecule has 0 saturated heterocycles. The quantitative estimate of drug-likeness (QED) is 0.811. The molecule has 0 heterocycles. The van der Waals surface area contributed by atoms with Crippen molar-refractivity contribution < 1.29 is 0 Å². The predicted octanol–water partition coefficient (Wildman–Crippen LogP) is 4.77. The average molecular weight is 288 g/mol. The average Bonchev–Trinajstić information content (AvgIpc) is 2.51. The largest absolute Gasteiger partial charge is 0.382 e. The summed E-state index contributed by atoms with van der Waals surface area (Å²) < 4.78 is 0. The minimum atomic E-state index is 0.631. The highest BCUT2D eigenvalue weighted by molar-refractivity contribution is 5.52. The van der Waals surface area contributed by atoms with Crippen LogP contribution in [0, 0.1) is 11.8 Å². The van der Waals surface area contributed by atoms with E-state index in [-0.39, 0.29) is 0 Å². The first-order valence-corrected chi connectivity index (χ1v) is 8.72. The van der Waals surface area contributed by atoms with Crippen LogP contribution in [0.1, 0.15) is 52.5 Å². The third-order valence-corrected chi connectivity index (χ3v) is 5.35. The first-order chi connectivity index (χ1) is 10.2. The Kier molecular flexibility index (Phi) is 6.10. The van der Waals surface area contributed by atoms with Gasteiger partial charge >= 0.3 is 0 Å². The molecule has 0 amide bonds. The summed E-state index contributed by atoms with van der Waals surface area (Å²) in [6.07, 6.45) is 4.06. The molecule has 1 N–H and O–H groups in total. The Balaban J connectivity index is 2.09. The molecule has 0 bridgehead atoms. The minimum Gasteiger partial charge on any atom is -0.382 e. The molecule has 3 atom stereocenters. The summed E-state index contributed by atoms with van der Waals surface area (Å²) in [4.78, 5) is 2.48. The standard InChI is InChI=1S/C19H32N2/c1-5-21(6-2)14-17-11-7-8-12-19(17)20-18-13-9-10-15(3)16(18)4/h7-8,11-12,15-16,18,20H,5-6,9-10,13-14H2,1-4H3. The van der Waals surface area contributed by atoms with Crippen LogP contribution < -0.4 is 5.32 Å². The van der Waals surface area contributed by atoms with Crippen LogP contribution in [0.15, 0.2) is 24.3 Å². The second kappa shape index (κ2) is 7.84. The fourth-order valence-corrected chi connectivity index (χ4v) is 3.47. The topological polar surface area (TPSA) is 15.3 Å². The highest BCUT2D eigenvalue weighted by Crippen LogP contribution is 2.32. The van der Waals surface area contributed by atoms with Gasteiger partial charge < -0.3 is 5.32 Å². The lowest BCUT2D eigenvalue weighted by Gasteiger charge is -2.36. The van der Waals surface area contributed by atoms with Gasteiger partial charge in [-0.3, -0.25) is 4.90 Å². The molecule has 21 heavy (non-hydrogen) atoms. The van der Waals surface area contributed by atoms with E-state index in [1.54, 1.807) is 0 Å². The molecule has 3 unspecified atom stereocenters. The van der Waals surface area contributed by atoms with Gasteiger partial charge in [0.1, 0.15) is 0 Å². The van der Waals surface area contributed by atoms with Crippen molar-refractivity contribution >= 4 is 5.69 Å². The SMILES string of the molecule is CCN(CC)Cc1ccccc1NC1CCCC(C)C1C. The lowest BCUT2D eigenvalue weighted by molar-refractivity contribution is 0.252. The Labute approximate surface area is 130 Å². The summed E-state index contributed by atoms with van der Waals surface area (Å²) >= 11 is 0. The van der Waals surface area contributed by atoms with Gasteiger partial charge in [-0.2, -0.15) is 0 Å². The van der Waals surface area contributed by atoms with Gasteiger partial charge in [0.2, 0.25) is 0 Å². The molecule has 0 aliphatic heterocycles. The van der Waals surface area contributed by atoms with E-state index in [1.807, 2.05) is 0 Å². The van der Waals surface area contributed by atoms with Crippen molar-refractivity contribution in [3.8, 4) is 0 Å². The maximum Gasteiger partial charge on any atom is 0.0388 e. The number of hydrogen-bond acceptors (Lipinski definition) is 2. The normalized spacial score (nSPS) is 26.0. The van der Waals surface area contributed by atoms with Crippen LogP contribution in [0.2, 0.25) is 0 Å². The van der Waals surface area contributed by atoms with E-state index in [1.165, 1.54) is 30.5 Å². The molecule has 1 aromatic rings. The number of para-hydroxylation sites is 1. The number of anilines is 1. The molecule has 0 radical (unpaired) electrons. The van der Waals surface area contributed by atoms with Crippen LogP contribution in [0.5, 0.6) is 0 Å². The van der Waals surface area contributed by atoms with E-state index in [0.29, 0.717) is 6.04 Å². The molecule has 1 aromatic carbocycles. The summed E-state index contributed by atoms with van der Waals surface area (Å²) in [7, 11) is 0. The fourth-order valence-electron chi connectivity index (χ4n) is 3.47. The summed E-state index contributed by atoms with van der Waals surface area (Å²) in [6, 6.07) is 9.48. The smallest absolute Gasteiger partial charge is 0.0388 e. The van der Waals surface area contributed by atoms with Crippen molar-refractivity contribution in [2.45, 2.75) is 59.5 Å². The Hall–Kier alpha value is -1.02. The number of nitrogens with zero attached hydrogens (tertiary/aromatic N) is 1. The first kappa shape index (κ1) is 16.4. The van der Waals surface area contributed by atoms with Crippen molar-refractivity contribution in [2.24, 2.45) is 11.8 Å². The van der Waals surface area contributed by atoms with E-state index >= 15 is 0 Å². The van der Waals surface area contributed by atoms with Crippen LogP contribution in [-0.2, 0) is 6.54 Å². The van der Waals surface area contributed by atoms with Crippen LogP contribution in [0.3, 0.4) is 0 Å². The zero-order valence-corrected chi connectivity index (χ0v) is 14.2. The molecule has 1 aliphatic rings. The first-order valence-electron chi connectivity index (χ1n) is 8.72. The van der Waals surface area contributed by atoms with Gasteiger partial charge in [0.05, 0.1) is 0 Å². The second-order valence-electron chi connectivity index (χ2n) is 6.64. The Morgan fingerprint density at radius 1 is 1.10 bits per heavy atom. The van der Waals surface area contributed by atoms with Crippen molar-refractivity contribution in [3.05, 3.63) is 29.8 Å². The Morgan fingerprint density at radius 2 is 1.81 bits per heavy atom. The van der Waals surface area contributed by atoms with Crippen molar-refractivity contribution in [3.63, 3.8) is 0 Å². The molecular formula is C19H32N2. The van der Waals surface area contributed by atoms with Gasteiger partial charge in [-0.05, 0) is 43.0 Å². The molecule has 1 aliphatic carbocycles. The number of hydrogen-bond donors (Lipinski definition) is 1. The van der Waals surface area contributed by atoms with Crippen LogP contribution >= 0.6 is 0 Å². The maximum absolute atomic E-state index is 3.86. The summed E-state index contributed by atoms with van der Waals surface area (Å²) in [6.45, 7) is 12.6. The van der Waals surface area contributed by atoms with E-state index in [9.17, 15) is 0 Å². The van der Waals surface area contributed by atoms with Gasteiger partial charge in [0.25, 0.3) is 0 Å². The van der Waals surface area contributed by atoms with Gasteiger partial charge in [0.15, 0.2) is 0 Å². The molecule has 2 heteroatoms. The number of rotatable bonds is 6. The fraction of sp³-hybridized carbons (Fsp3) is 0.684. The van der Waals surface area contributed by atoms with E-state index < -0.39 is 0 Å². The number of benzene rings is 1. The molecule has 1 fully saturated rings. The molecule has 1 saturated carbocycles. The van der Waals surface area contributed by atoms with Gasteiger partial charge in [0, 0.05) is 18.3 Å². The van der Waals surface area contributed by atoms with Gasteiger partial charge in [-0.15, -0.1) is 0 Å². The van der Waals surface area contributed by atoms with Crippen molar-refractivity contribution in [1.29, 1.82) is 0 Å². The van der Waals surface area contributed by atoms with E-state index in [4.69, 9.17) is 0 Å². The molecular weight excluding hydrogens is 256 g/mol. The Morgan fingerprint density at radius 3 is 2.52 bits per heavy atom. The Bertz CT molecular complexity index is 425. The zero-order valence-electron chi connectivity index (χ0n) is 14.2. The third kappa shape index (κ3) is 4.23. The monoisotopic (exact) mass is 288 g/mol. The van der Waals surface area contributed by atoms with Gasteiger partial charge in [-0.25, -0.2) is 0 Å². The summed E-state index contributed by atoms with van der Waals surface area (Å²) in [5.41, 5.74) is 2.78. The van der Waals surface area contributed by atoms with Crippen LogP contribution in [0.25, 0.3) is 0 Å². The molecule has 118 valence electrons. The highest BCUT2D eigenvalue weighted by Gasteiger charge is 2.27. The van der Waals surface area contributed by atoms with Crippen LogP contribution in [0.4, 0.5) is 5.69 Å². The van der Waals surface area contributed by atoms with E-state index in [2.05, 4.69) is 62.2 Å². The van der Waals surface area contributed by atoms with E-state index in [0.717, 1.165) is 31.5 Å². The second-order valence-corrected chi connectivity index (χ2v) is 6.64. The van der Waals surface area contributed by atoms with Crippen LogP contribution in [-0.4, -0.2) is 24.0 Å². The molecule has 0 aromatic heterocycles. The van der Waals surface area contributed by atoms with Crippen molar-refractivity contribution in [1.82, 2.24) is 4.90 Å². The summed E-state index contributed by atoms with van der Waals surface area (Å²) in [5.74, 6) is 1.60. The van der Waals surface area contributed by atoms with Gasteiger partial charge in [-0.1, -0.05) is 58.7 Å². The summed E-state index contributed by atoms with van der Waals surface area (Å²) in [5, 5.41) is 3.86. The third-order valence-electron chi connectivity index (χ3n) is 5.35. The highest BCUT2D eigenvalue weighted by atomic mass is 15.1. The lowest BCUT2D eigenvalue weighted by Crippen LogP contribution is -2.35. The maximum atomic E-state index is 3.86. The molecule has 2 rings (SSSR count). The predicted molar refractivity (Wildman–Crippen MR) is 92.7 cm³/mol. The minimum absolute atomic E-state index is 0.631. The molecule has 0 spiro atoms.